The van der Waals surface area contributed by atoms with Crippen LogP contribution in [0.2, 0.25) is 5.02 Å². The number of hydrogen-bond acceptors (Lipinski definition) is 3. The summed E-state index contributed by atoms with van der Waals surface area (Å²) in [5, 5.41) is 13.2. The molecule has 0 saturated heterocycles. The van der Waals surface area contributed by atoms with E-state index in [1.165, 1.54) is 23.5 Å². The van der Waals surface area contributed by atoms with E-state index in [0.29, 0.717) is 34.1 Å². The van der Waals surface area contributed by atoms with Gasteiger partial charge in [0.2, 0.25) is 0 Å². The maximum absolute atomic E-state index is 13.9. The molecule has 0 spiro atoms. The third-order valence-corrected chi connectivity index (χ3v) is 6.71. The Morgan fingerprint density at radius 3 is 2.45 bits per heavy atom. The van der Waals surface area contributed by atoms with Crippen LogP contribution in [0.1, 0.15) is 17.5 Å². The van der Waals surface area contributed by atoms with E-state index in [4.69, 9.17) is 16.7 Å². The van der Waals surface area contributed by atoms with E-state index in [9.17, 15) is 18.0 Å². The highest BCUT2D eigenvalue weighted by Crippen LogP contribution is 2.42. The number of hydrogen-bond donors (Lipinski definition) is 2. The Labute approximate surface area is 197 Å². The Kier molecular flexibility index (Phi) is 6.74. The van der Waals surface area contributed by atoms with Crippen LogP contribution in [0.15, 0.2) is 66.7 Å². The van der Waals surface area contributed by atoms with Crippen molar-refractivity contribution >= 4 is 39.0 Å². The molecule has 1 heterocycles. The van der Waals surface area contributed by atoms with Crippen LogP contribution in [-0.2, 0) is 17.5 Å². The molecule has 1 aromatic heterocycles. The highest BCUT2D eigenvalue weighted by molar-refractivity contribution is 7.22. The van der Waals surface area contributed by atoms with Crippen molar-refractivity contribution < 1.29 is 23.1 Å². The first kappa shape index (κ1) is 23.3. The molecule has 4 rings (SSSR count). The SMILES string of the molecule is O=C(O)CCNCc1cc2cc(-c3ccc(-c4ccccc4)c(C(F)(F)F)c3)sc2cc1Cl. The van der Waals surface area contributed by atoms with E-state index in [-0.39, 0.29) is 12.0 Å². The summed E-state index contributed by atoms with van der Waals surface area (Å²) in [5.41, 5.74) is 1.27. The van der Waals surface area contributed by atoms with Gasteiger partial charge in [0.25, 0.3) is 0 Å². The van der Waals surface area contributed by atoms with E-state index in [2.05, 4.69) is 5.32 Å². The highest BCUT2D eigenvalue weighted by atomic mass is 35.5. The van der Waals surface area contributed by atoms with Gasteiger partial charge in [-0.3, -0.25) is 4.79 Å². The first-order chi connectivity index (χ1) is 15.7. The maximum Gasteiger partial charge on any atom is 0.417 e. The zero-order chi connectivity index (χ0) is 23.6. The van der Waals surface area contributed by atoms with E-state index in [0.717, 1.165) is 15.6 Å². The fraction of sp³-hybridized carbons (Fsp3) is 0.160. The molecule has 0 fully saturated rings. The zero-order valence-electron chi connectivity index (χ0n) is 17.2. The Morgan fingerprint density at radius 2 is 1.76 bits per heavy atom. The van der Waals surface area contributed by atoms with Crippen molar-refractivity contribution in [3.05, 3.63) is 82.9 Å². The van der Waals surface area contributed by atoms with Crippen LogP contribution >= 0.6 is 22.9 Å². The van der Waals surface area contributed by atoms with Crippen LogP contribution in [0.25, 0.3) is 31.7 Å². The number of aliphatic carboxylic acids is 1. The van der Waals surface area contributed by atoms with Gasteiger partial charge in [0.1, 0.15) is 0 Å². The van der Waals surface area contributed by atoms with E-state index < -0.39 is 17.7 Å². The Hall–Kier alpha value is -2.87. The minimum atomic E-state index is -4.49. The van der Waals surface area contributed by atoms with Gasteiger partial charge in [-0.2, -0.15) is 13.2 Å². The standard InChI is InChI=1S/C25H19ClF3NO2S/c26-21-13-23-17(10-18(21)14-30-9-8-24(31)32)12-22(33-23)16-6-7-19(15-4-2-1-3-5-15)20(11-16)25(27,28)29/h1-7,10-13,30H,8-9,14H2,(H,31,32). The lowest BCUT2D eigenvalue weighted by Gasteiger charge is -2.14. The van der Waals surface area contributed by atoms with Crippen molar-refractivity contribution in [1.29, 1.82) is 0 Å². The molecule has 0 aliphatic heterocycles. The van der Waals surface area contributed by atoms with Crippen LogP contribution in [0.4, 0.5) is 13.2 Å². The second kappa shape index (κ2) is 9.55. The number of rotatable bonds is 7. The minimum Gasteiger partial charge on any atom is -0.481 e. The maximum atomic E-state index is 13.9. The van der Waals surface area contributed by atoms with Crippen molar-refractivity contribution in [2.75, 3.05) is 6.54 Å². The number of carbonyl (C=O) groups is 1. The van der Waals surface area contributed by atoms with Gasteiger partial charge in [0.15, 0.2) is 0 Å². The van der Waals surface area contributed by atoms with Gasteiger partial charge in [-0.1, -0.05) is 54.1 Å². The van der Waals surface area contributed by atoms with Gasteiger partial charge < -0.3 is 10.4 Å². The highest BCUT2D eigenvalue weighted by Gasteiger charge is 2.34. The summed E-state index contributed by atoms with van der Waals surface area (Å²) in [7, 11) is 0. The summed E-state index contributed by atoms with van der Waals surface area (Å²) in [6, 6.07) is 18.5. The van der Waals surface area contributed by atoms with Gasteiger partial charge in [-0.15, -0.1) is 11.3 Å². The number of benzene rings is 3. The van der Waals surface area contributed by atoms with Gasteiger partial charge in [-0.25, -0.2) is 0 Å². The minimum absolute atomic E-state index is 0.00295. The second-order valence-corrected chi connectivity index (χ2v) is 9.03. The monoisotopic (exact) mass is 489 g/mol. The van der Waals surface area contributed by atoms with Crippen molar-refractivity contribution in [2.24, 2.45) is 0 Å². The first-order valence-electron chi connectivity index (χ1n) is 10.1. The summed E-state index contributed by atoms with van der Waals surface area (Å²) in [5.74, 6) is -0.886. The number of alkyl halides is 3. The Bertz CT molecular complexity index is 1300. The molecular weight excluding hydrogens is 471 g/mol. The Morgan fingerprint density at radius 1 is 1.00 bits per heavy atom. The molecule has 33 heavy (non-hydrogen) atoms. The molecule has 3 nitrogen and oxygen atoms in total. The fourth-order valence-corrected chi connectivity index (χ4v) is 4.98. The largest absolute Gasteiger partial charge is 0.481 e. The summed E-state index contributed by atoms with van der Waals surface area (Å²) in [4.78, 5) is 11.4. The average molecular weight is 490 g/mol. The van der Waals surface area contributed by atoms with Crippen molar-refractivity contribution in [3.8, 4) is 21.6 Å². The Balaban J connectivity index is 1.68. The molecule has 3 aromatic carbocycles. The third kappa shape index (κ3) is 5.38. The number of nitrogens with one attached hydrogen (secondary N) is 1. The van der Waals surface area contributed by atoms with Crippen LogP contribution in [0, 0.1) is 0 Å². The van der Waals surface area contributed by atoms with Crippen molar-refractivity contribution in [2.45, 2.75) is 19.1 Å². The smallest absolute Gasteiger partial charge is 0.417 e. The topological polar surface area (TPSA) is 49.3 Å². The summed E-state index contributed by atoms with van der Waals surface area (Å²) >= 11 is 7.75. The first-order valence-corrected chi connectivity index (χ1v) is 11.3. The molecule has 0 unspecified atom stereocenters. The van der Waals surface area contributed by atoms with Gasteiger partial charge >= 0.3 is 12.1 Å². The molecule has 2 N–H and O–H groups in total. The molecule has 0 atom stereocenters. The number of thiophene rings is 1. The number of fused-ring (bicyclic) bond motifs is 1. The normalized spacial score (nSPS) is 11.8. The molecule has 0 radical (unpaired) electrons. The fourth-order valence-electron chi connectivity index (χ4n) is 3.61. The predicted molar refractivity (Wildman–Crippen MR) is 127 cm³/mol. The summed E-state index contributed by atoms with van der Waals surface area (Å²) < 4.78 is 42.5. The molecule has 8 heteroatoms. The second-order valence-electron chi connectivity index (χ2n) is 7.54. The lowest BCUT2D eigenvalue weighted by atomic mass is 9.96. The van der Waals surface area contributed by atoms with Crippen LogP contribution in [-0.4, -0.2) is 17.6 Å². The predicted octanol–water partition coefficient (Wildman–Crippen LogP) is 7.47. The molecule has 0 aliphatic rings. The van der Waals surface area contributed by atoms with Crippen LogP contribution in [0.5, 0.6) is 0 Å². The summed E-state index contributed by atoms with van der Waals surface area (Å²) in [6.45, 7) is 0.712. The number of carboxylic acids is 1. The number of halogens is 4. The third-order valence-electron chi connectivity index (χ3n) is 5.21. The zero-order valence-corrected chi connectivity index (χ0v) is 18.8. The van der Waals surface area contributed by atoms with Crippen molar-refractivity contribution in [1.82, 2.24) is 5.32 Å². The van der Waals surface area contributed by atoms with Gasteiger partial charge in [0.05, 0.1) is 12.0 Å². The van der Waals surface area contributed by atoms with E-state index in [1.807, 2.05) is 12.1 Å². The molecule has 4 aromatic rings. The van der Waals surface area contributed by atoms with Gasteiger partial charge in [-0.05, 0) is 51.9 Å². The van der Waals surface area contributed by atoms with E-state index >= 15 is 0 Å². The van der Waals surface area contributed by atoms with Crippen molar-refractivity contribution in [3.63, 3.8) is 0 Å². The number of carboxylic acid groups (broad SMARTS) is 1. The van der Waals surface area contributed by atoms with E-state index in [1.54, 1.807) is 42.5 Å². The molecule has 0 amide bonds. The summed E-state index contributed by atoms with van der Waals surface area (Å²) in [6.07, 6.45) is -4.49. The molecule has 170 valence electrons. The van der Waals surface area contributed by atoms with Gasteiger partial charge in [0, 0.05) is 27.7 Å². The van der Waals surface area contributed by atoms with Crippen LogP contribution in [0.3, 0.4) is 0 Å². The quantitative estimate of drug-likeness (QED) is 0.265. The average Bonchev–Trinajstić information content (AvgIpc) is 3.19. The van der Waals surface area contributed by atoms with Crippen LogP contribution < -0.4 is 5.32 Å². The molecule has 0 bridgehead atoms. The molecule has 0 saturated carbocycles. The molecule has 0 aliphatic carbocycles. The molecular formula is C25H19ClF3NO2S. The lowest BCUT2D eigenvalue weighted by molar-refractivity contribution is -0.137. The lowest BCUT2D eigenvalue weighted by Crippen LogP contribution is -2.17.